The van der Waals surface area contributed by atoms with Crippen LogP contribution in [0.2, 0.25) is 0 Å². The third kappa shape index (κ3) is 4.01. The van der Waals surface area contributed by atoms with Gasteiger partial charge in [0.2, 0.25) is 0 Å². The second kappa shape index (κ2) is 8.18. The minimum Gasteiger partial charge on any atom is -0.493 e. The number of ketones is 1. The molecule has 122 valence electrons. The number of methoxy groups -OCH3 is 2. The molecule has 2 unspecified atom stereocenters. The average molecular weight is 305 g/mol. The Kier molecular flexibility index (Phi) is 6.25. The Morgan fingerprint density at radius 1 is 1.14 bits per heavy atom. The lowest BCUT2D eigenvalue weighted by Crippen LogP contribution is -2.37. The highest BCUT2D eigenvalue weighted by Crippen LogP contribution is 2.34. The first kappa shape index (κ1) is 16.8. The zero-order chi connectivity index (χ0) is 15.9. The van der Waals surface area contributed by atoms with E-state index in [4.69, 9.17) is 9.47 Å². The maximum atomic E-state index is 11.2. The molecule has 0 aromatic heterocycles. The van der Waals surface area contributed by atoms with Gasteiger partial charge in [-0.2, -0.15) is 0 Å². The number of Topliss-reactive ketones (excluding diaryl/α,β-unsaturated/α-hetero) is 1. The van der Waals surface area contributed by atoms with Crippen molar-refractivity contribution in [3.05, 3.63) is 24.3 Å². The summed E-state index contributed by atoms with van der Waals surface area (Å²) in [6.07, 6.45) is 4.16. The molecule has 2 atom stereocenters. The number of carbonyl (C=O) groups excluding carboxylic acids is 1. The number of nitrogens with zero attached hydrogens (tertiary/aromatic N) is 1. The summed E-state index contributed by atoms with van der Waals surface area (Å²) in [5.41, 5.74) is 0. The number of hydrogen-bond donors (Lipinski definition) is 0. The fourth-order valence-electron chi connectivity index (χ4n) is 3.48. The van der Waals surface area contributed by atoms with Gasteiger partial charge in [-0.25, -0.2) is 0 Å². The van der Waals surface area contributed by atoms with Crippen LogP contribution >= 0.6 is 0 Å². The Labute approximate surface area is 133 Å². The third-order valence-electron chi connectivity index (χ3n) is 4.73. The van der Waals surface area contributed by atoms with Gasteiger partial charge < -0.3 is 9.47 Å². The Morgan fingerprint density at radius 2 is 1.77 bits per heavy atom. The standard InChI is InChI=1S/C10H17NO.C8H10O2/c1-2-11-6-5-8-3-4-9(12)7-10(8)11;1-9-7-5-3-4-6-8(7)10-2/h8,10H,2-7H2,1H3;3-6H,1-2H3. The fourth-order valence-corrected chi connectivity index (χ4v) is 3.48. The lowest BCUT2D eigenvalue weighted by Gasteiger charge is -2.29. The van der Waals surface area contributed by atoms with Gasteiger partial charge in [-0.05, 0) is 44.0 Å². The highest BCUT2D eigenvalue weighted by molar-refractivity contribution is 5.80. The number of rotatable bonds is 3. The second-order valence-electron chi connectivity index (χ2n) is 5.88. The van der Waals surface area contributed by atoms with E-state index in [0.29, 0.717) is 11.8 Å². The molecule has 2 aliphatic rings. The van der Waals surface area contributed by atoms with Crippen molar-refractivity contribution in [2.45, 2.75) is 38.6 Å². The summed E-state index contributed by atoms with van der Waals surface area (Å²) in [6.45, 7) is 4.54. The number of benzene rings is 1. The van der Waals surface area contributed by atoms with Gasteiger partial charge in [0.25, 0.3) is 0 Å². The lowest BCUT2D eigenvalue weighted by molar-refractivity contribution is -0.122. The van der Waals surface area contributed by atoms with Gasteiger partial charge >= 0.3 is 0 Å². The van der Waals surface area contributed by atoms with Crippen molar-refractivity contribution in [3.8, 4) is 11.5 Å². The summed E-state index contributed by atoms with van der Waals surface area (Å²) in [7, 11) is 3.25. The van der Waals surface area contributed by atoms with Crippen molar-refractivity contribution < 1.29 is 14.3 Å². The van der Waals surface area contributed by atoms with Crippen molar-refractivity contribution in [1.29, 1.82) is 0 Å². The Bertz CT molecular complexity index is 460. The molecule has 0 N–H and O–H groups in total. The van der Waals surface area contributed by atoms with E-state index in [1.165, 1.54) is 13.0 Å². The van der Waals surface area contributed by atoms with Crippen LogP contribution in [-0.4, -0.2) is 44.0 Å². The molecule has 4 nitrogen and oxygen atoms in total. The molecule has 2 fully saturated rings. The summed E-state index contributed by atoms with van der Waals surface area (Å²) in [6, 6.07) is 8.14. The minimum atomic E-state index is 0.483. The number of hydrogen-bond acceptors (Lipinski definition) is 4. The van der Waals surface area contributed by atoms with Crippen molar-refractivity contribution >= 4 is 5.78 Å². The number of fused-ring (bicyclic) bond motifs is 1. The minimum absolute atomic E-state index is 0.483. The molecule has 1 saturated carbocycles. The molecule has 1 saturated heterocycles. The number of para-hydroxylation sites is 2. The number of likely N-dealkylation sites (tertiary alicyclic amines) is 1. The number of ether oxygens (including phenoxy) is 2. The summed E-state index contributed by atoms with van der Waals surface area (Å²) in [4.78, 5) is 13.7. The van der Waals surface area contributed by atoms with Gasteiger partial charge in [-0.1, -0.05) is 19.1 Å². The van der Waals surface area contributed by atoms with Gasteiger partial charge in [0, 0.05) is 18.9 Å². The maximum Gasteiger partial charge on any atom is 0.160 e. The van der Waals surface area contributed by atoms with E-state index in [1.54, 1.807) is 14.2 Å². The molecule has 1 heterocycles. The van der Waals surface area contributed by atoms with Crippen molar-refractivity contribution in [2.75, 3.05) is 27.3 Å². The van der Waals surface area contributed by atoms with E-state index in [1.807, 2.05) is 24.3 Å². The van der Waals surface area contributed by atoms with Gasteiger partial charge in [-0.15, -0.1) is 0 Å². The topological polar surface area (TPSA) is 38.8 Å². The first-order chi connectivity index (χ1) is 10.7. The molecule has 4 heteroatoms. The molecule has 22 heavy (non-hydrogen) atoms. The molecule has 0 radical (unpaired) electrons. The van der Waals surface area contributed by atoms with Gasteiger partial charge in [0.15, 0.2) is 11.5 Å². The number of carbonyl (C=O) groups is 1. The summed E-state index contributed by atoms with van der Waals surface area (Å²) < 4.78 is 10.0. The van der Waals surface area contributed by atoms with Crippen molar-refractivity contribution in [1.82, 2.24) is 4.90 Å². The van der Waals surface area contributed by atoms with E-state index >= 15 is 0 Å². The maximum absolute atomic E-state index is 11.2. The third-order valence-corrected chi connectivity index (χ3v) is 4.73. The molecular weight excluding hydrogens is 278 g/mol. The molecule has 1 aromatic rings. The van der Waals surface area contributed by atoms with Crippen LogP contribution in [0.1, 0.15) is 32.6 Å². The molecule has 0 spiro atoms. The van der Waals surface area contributed by atoms with Gasteiger partial charge in [-0.3, -0.25) is 9.69 Å². The molecule has 1 aliphatic carbocycles. The van der Waals surface area contributed by atoms with Crippen LogP contribution < -0.4 is 9.47 Å². The van der Waals surface area contributed by atoms with Crippen LogP contribution in [0.25, 0.3) is 0 Å². The van der Waals surface area contributed by atoms with Crippen LogP contribution in [0.3, 0.4) is 0 Å². The zero-order valence-electron chi connectivity index (χ0n) is 13.9. The van der Waals surface area contributed by atoms with Crippen LogP contribution in [0.15, 0.2) is 24.3 Å². The zero-order valence-corrected chi connectivity index (χ0v) is 13.9. The fraction of sp³-hybridized carbons (Fsp3) is 0.611. The largest absolute Gasteiger partial charge is 0.493 e. The van der Waals surface area contributed by atoms with E-state index in [0.717, 1.165) is 43.2 Å². The van der Waals surface area contributed by atoms with Crippen molar-refractivity contribution in [2.24, 2.45) is 5.92 Å². The van der Waals surface area contributed by atoms with Gasteiger partial charge in [0.1, 0.15) is 5.78 Å². The Morgan fingerprint density at radius 3 is 2.32 bits per heavy atom. The summed E-state index contributed by atoms with van der Waals surface area (Å²) in [5.74, 6) is 2.86. The monoisotopic (exact) mass is 305 g/mol. The molecule has 3 rings (SSSR count). The Hall–Kier alpha value is -1.55. The van der Waals surface area contributed by atoms with Crippen molar-refractivity contribution in [3.63, 3.8) is 0 Å². The molecule has 1 aliphatic heterocycles. The highest BCUT2D eigenvalue weighted by Gasteiger charge is 2.37. The predicted molar refractivity (Wildman–Crippen MR) is 87.5 cm³/mol. The molecular formula is C18H27NO3. The quantitative estimate of drug-likeness (QED) is 0.860. The summed E-state index contributed by atoms with van der Waals surface area (Å²) >= 11 is 0. The normalized spacial score (nSPS) is 24.2. The van der Waals surface area contributed by atoms with Crippen LogP contribution in [0.4, 0.5) is 0 Å². The van der Waals surface area contributed by atoms with Gasteiger partial charge in [0.05, 0.1) is 14.2 Å². The first-order valence-corrected chi connectivity index (χ1v) is 8.12. The van der Waals surface area contributed by atoms with E-state index in [2.05, 4.69) is 11.8 Å². The van der Waals surface area contributed by atoms with Crippen LogP contribution in [-0.2, 0) is 4.79 Å². The van der Waals surface area contributed by atoms with E-state index in [-0.39, 0.29) is 0 Å². The van der Waals surface area contributed by atoms with E-state index < -0.39 is 0 Å². The molecule has 1 aromatic carbocycles. The molecule has 0 amide bonds. The lowest BCUT2D eigenvalue weighted by atomic mass is 9.84. The smallest absolute Gasteiger partial charge is 0.160 e. The Balaban J connectivity index is 0.000000164. The van der Waals surface area contributed by atoms with Crippen LogP contribution in [0, 0.1) is 5.92 Å². The predicted octanol–water partition coefficient (Wildman–Crippen LogP) is 3.15. The van der Waals surface area contributed by atoms with Crippen LogP contribution in [0.5, 0.6) is 11.5 Å². The highest BCUT2D eigenvalue weighted by atomic mass is 16.5. The van der Waals surface area contributed by atoms with E-state index in [9.17, 15) is 4.79 Å². The SMILES string of the molecule is CCN1CCC2CCC(=O)CC21.COc1ccccc1OC. The summed E-state index contributed by atoms with van der Waals surface area (Å²) in [5, 5.41) is 0. The first-order valence-electron chi connectivity index (χ1n) is 8.12. The molecule has 0 bridgehead atoms. The second-order valence-corrected chi connectivity index (χ2v) is 5.88. The average Bonchev–Trinajstić information content (AvgIpc) is 2.97.